The molecule has 0 saturated carbocycles. The number of amides is 1. The number of benzene rings is 3. The van der Waals surface area contributed by atoms with Crippen molar-refractivity contribution in [3.63, 3.8) is 0 Å². The third-order valence-corrected chi connectivity index (χ3v) is 7.72. The van der Waals surface area contributed by atoms with Gasteiger partial charge in [0.25, 0.3) is 0 Å². The van der Waals surface area contributed by atoms with Crippen LogP contribution >= 0.6 is 0 Å². The fraction of sp³-hybridized carbons (Fsp3) is 0.375. The molecule has 2 aliphatic rings. The van der Waals surface area contributed by atoms with Gasteiger partial charge in [0.1, 0.15) is 5.75 Å². The zero-order valence-electron chi connectivity index (χ0n) is 24.3. The Hall–Kier alpha value is -4.44. The molecule has 3 aromatic rings. The maximum atomic E-state index is 13.6. The van der Waals surface area contributed by atoms with Crippen molar-refractivity contribution in [3.05, 3.63) is 77.4 Å². The predicted octanol–water partition coefficient (Wildman–Crippen LogP) is 4.08. The van der Waals surface area contributed by atoms with Crippen LogP contribution in [-0.2, 0) is 20.9 Å². The molecule has 0 bridgehead atoms. The van der Waals surface area contributed by atoms with E-state index in [2.05, 4.69) is 5.32 Å². The number of fused-ring (bicyclic) bond motifs is 1. The second-order valence-electron chi connectivity index (χ2n) is 10.1. The van der Waals surface area contributed by atoms with Gasteiger partial charge in [-0.1, -0.05) is 24.3 Å². The lowest BCUT2D eigenvalue weighted by Crippen LogP contribution is -2.38. The minimum absolute atomic E-state index is 0.0843. The number of hydrogen-bond acceptors (Lipinski definition) is 9. The van der Waals surface area contributed by atoms with Gasteiger partial charge in [-0.05, 0) is 60.0 Å². The molecule has 0 aliphatic carbocycles. The van der Waals surface area contributed by atoms with Gasteiger partial charge in [0, 0.05) is 25.0 Å². The number of hydrogen-bond donors (Lipinski definition) is 1. The normalized spacial score (nSPS) is 19.3. The molecule has 1 fully saturated rings. The monoisotopic (exact) mass is 576 g/mol. The van der Waals surface area contributed by atoms with Gasteiger partial charge in [-0.25, -0.2) is 0 Å². The highest BCUT2D eigenvalue weighted by Gasteiger charge is 2.48. The maximum absolute atomic E-state index is 13.6. The number of nitrogens with zero attached hydrogens (tertiary/aromatic N) is 1. The zero-order chi connectivity index (χ0) is 29.6. The van der Waals surface area contributed by atoms with Gasteiger partial charge in [-0.2, -0.15) is 0 Å². The molecular formula is C32H36N2O8. The fourth-order valence-corrected chi connectivity index (χ4v) is 5.73. The minimum Gasteiger partial charge on any atom is -0.497 e. The van der Waals surface area contributed by atoms with E-state index in [0.717, 1.165) is 16.7 Å². The number of likely N-dealkylation sites (tertiary alicyclic amines) is 1. The second-order valence-corrected chi connectivity index (χ2v) is 10.1. The lowest BCUT2D eigenvalue weighted by Gasteiger charge is -2.28. The van der Waals surface area contributed by atoms with E-state index in [4.69, 9.17) is 28.4 Å². The number of carbonyl (C=O) groups is 2. The second kappa shape index (κ2) is 13.0. The molecule has 3 atom stereocenters. The number of methoxy groups -OCH3 is 3. The summed E-state index contributed by atoms with van der Waals surface area (Å²) < 4.78 is 32.8. The van der Waals surface area contributed by atoms with Gasteiger partial charge in [-0.3, -0.25) is 14.5 Å². The molecule has 10 heteroatoms. The highest BCUT2D eigenvalue weighted by atomic mass is 16.7. The lowest BCUT2D eigenvalue weighted by molar-refractivity contribution is -0.149. The number of rotatable bonds is 11. The zero-order valence-corrected chi connectivity index (χ0v) is 24.3. The summed E-state index contributed by atoms with van der Waals surface area (Å²) >= 11 is 0. The van der Waals surface area contributed by atoms with Crippen LogP contribution in [0.4, 0.5) is 0 Å². The third-order valence-electron chi connectivity index (χ3n) is 7.72. The summed E-state index contributed by atoms with van der Waals surface area (Å²) in [6.45, 7) is 3.07. The van der Waals surface area contributed by atoms with Crippen molar-refractivity contribution < 1.29 is 38.0 Å². The van der Waals surface area contributed by atoms with Crippen molar-refractivity contribution in [2.45, 2.75) is 25.4 Å². The smallest absolute Gasteiger partial charge is 0.311 e. The third kappa shape index (κ3) is 6.08. The molecule has 5 rings (SSSR count). The Morgan fingerprint density at radius 1 is 0.881 bits per heavy atom. The molecular weight excluding hydrogens is 540 g/mol. The highest BCUT2D eigenvalue weighted by molar-refractivity contribution is 5.79. The number of esters is 1. The van der Waals surface area contributed by atoms with Gasteiger partial charge < -0.3 is 33.7 Å². The van der Waals surface area contributed by atoms with E-state index in [1.165, 1.54) is 0 Å². The molecule has 0 spiro atoms. The van der Waals surface area contributed by atoms with E-state index >= 15 is 0 Å². The first kappa shape index (κ1) is 29.1. The molecule has 1 N–H and O–H groups in total. The van der Waals surface area contributed by atoms with Crippen LogP contribution in [0.5, 0.6) is 28.7 Å². The molecule has 2 aliphatic heterocycles. The van der Waals surface area contributed by atoms with E-state index in [1.807, 2.05) is 59.5 Å². The summed E-state index contributed by atoms with van der Waals surface area (Å²) in [6, 6.07) is 18.4. The van der Waals surface area contributed by atoms with Crippen LogP contribution in [0.3, 0.4) is 0 Å². The van der Waals surface area contributed by atoms with Crippen LogP contribution < -0.4 is 29.0 Å². The predicted molar refractivity (Wildman–Crippen MR) is 154 cm³/mol. The summed E-state index contributed by atoms with van der Waals surface area (Å²) in [5.41, 5.74) is 2.69. The first-order valence-electron chi connectivity index (χ1n) is 13.9. The molecule has 1 amide bonds. The van der Waals surface area contributed by atoms with E-state index in [-0.39, 0.29) is 37.7 Å². The average molecular weight is 577 g/mol. The standard InChI is InChI=1S/C32H36N2O8/c1-5-40-32(36)30-24(22-9-13-26-28(15-22)42-19-41-26)17-34(31(30)21-7-10-23(37-2)11-8-21)18-29(35)33-16-20-6-12-25(38-3)27(14-20)39-4/h6-15,24,30-31H,5,16-19H2,1-4H3,(H,33,35)/t24?,30-,31+/m0/s1. The van der Waals surface area contributed by atoms with E-state index in [9.17, 15) is 9.59 Å². The van der Waals surface area contributed by atoms with Crippen LogP contribution in [0.25, 0.3) is 0 Å². The minimum atomic E-state index is -0.558. The van der Waals surface area contributed by atoms with Crippen LogP contribution in [0.2, 0.25) is 0 Å². The molecule has 10 nitrogen and oxygen atoms in total. The lowest BCUT2D eigenvalue weighted by atomic mass is 9.82. The van der Waals surface area contributed by atoms with Gasteiger partial charge >= 0.3 is 5.97 Å². The van der Waals surface area contributed by atoms with Crippen molar-refractivity contribution >= 4 is 11.9 Å². The van der Waals surface area contributed by atoms with Crippen LogP contribution in [0.15, 0.2) is 60.7 Å². The van der Waals surface area contributed by atoms with Crippen LogP contribution in [-0.4, -0.2) is 64.6 Å². The fourth-order valence-electron chi connectivity index (χ4n) is 5.73. The Kier molecular flexibility index (Phi) is 9.02. The Morgan fingerprint density at radius 3 is 2.33 bits per heavy atom. The summed E-state index contributed by atoms with van der Waals surface area (Å²) in [5.74, 6) is 1.94. The largest absolute Gasteiger partial charge is 0.497 e. The number of carbonyl (C=O) groups excluding carboxylic acids is 2. The van der Waals surface area contributed by atoms with E-state index < -0.39 is 12.0 Å². The van der Waals surface area contributed by atoms with E-state index in [0.29, 0.717) is 41.8 Å². The van der Waals surface area contributed by atoms with E-state index in [1.54, 1.807) is 34.3 Å². The van der Waals surface area contributed by atoms with Gasteiger partial charge in [0.2, 0.25) is 12.7 Å². The summed E-state index contributed by atoms with van der Waals surface area (Å²) in [6.07, 6.45) is 0. The quantitative estimate of drug-likeness (QED) is 0.338. The Balaban J connectivity index is 1.42. The van der Waals surface area contributed by atoms with Crippen molar-refractivity contribution in [1.82, 2.24) is 10.2 Å². The molecule has 1 unspecified atom stereocenters. The molecule has 2 heterocycles. The number of ether oxygens (including phenoxy) is 6. The summed E-state index contributed by atoms with van der Waals surface area (Å²) in [4.78, 5) is 29.0. The Morgan fingerprint density at radius 2 is 1.62 bits per heavy atom. The molecule has 1 saturated heterocycles. The van der Waals surface area contributed by atoms with Crippen molar-refractivity contribution in [3.8, 4) is 28.7 Å². The Bertz CT molecular complexity index is 1410. The van der Waals surface area contributed by atoms with Crippen molar-refractivity contribution in [2.24, 2.45) is 5.92 Å². The first-order chi connectivity index (χ1) is 20.4. The topological polar surface area (TPSA) is 105 Å². The van der Waals surface area contributed by atoms with Gasteiger partial charge in [0.15, 0.2) is 23.0 Å². The average Bonchev–Trinajstić information content (AvgIpc) is 3.64. The maximum Gasteiger partial charge on any atom is 0.311 e. The highest BCUT2D eigenvalue weighted by Crippen LogP contribution is 2.48. The molecule has 0 radical (unpaired) electrons. The number of nitrogens with one attached hydrogen (secondary N) is 1. The van der Waals surface area contributed by atoms with Crippen LogP contribution in [0, 0.1) is 5.92 Å². The van der Waals surface area contributed by atoms with Crippen LogP contribution in [0.1, 0.15) is 35.6 Å². The summed E-state index contributed by atoms with van der Waals surface area (Å²) in [5, 5.41) is 3.01. The summed E-state index contributed by atoms with van der Waals surface area (Å²) in [7, 11) is 4.76. The van der Waals surface area contributed by atoms with Crippen molar-refractivity contribution in [1.29, 1.82) is 0 Å². The molecule has 42 heavy (non-hydrogen) atoms. The molecule has 222 valence electrons. The van der Waals surface area contributed by atoms with Crippen molar-refractivity contribution in [2.75, 3.05) is 47.8 Å². The van der Waals surface area contributed by atoms with Gasteiger partial charge in [-0.15, -0.1) is 0 Å². The molecule has 0 aromatic heterocycles. The SMILES string of the molecule is CCOC(=O)[C@H]1C(c2ccc3c(c2)OCO3)CN(CC(=O)NCc2ccc(OC)c(OC)c2)[C@@H]1c1ccc(OC)cc1. The van der Waals surface area contributed by atoms with Gasteiger partial charge in [0.05, 0.1) is 40.4 Å². The molecule has 3 aromatic carbocycles. The Labute approximate surface area is 245 Å². The first-order valence-corrected chi connectivity index (χ1v) is 13.9.